The fraction of sp³-hybridized carbons (Fsp3) is 0. The van der Waals surface area contributed by atoms with Crippen LogP contribution in [0.1, 0.15) is 5.56 Å². The molecule has 0 fully saturated rings. The predicted octanol–water partition coefficient (Wildman–Crippen LogP) is 19.1. The van der Waals surface area contributed by atoms with E-state index in [1.807, 2.05) is 42.5 Å². The van der Waals surface area contributed by atoms with Gasteiger partial charge in [-0.15, -0.1) is 0 Å². The molecular formula is C73H42N8. The van der Waals surface area contributed by atoms with Crippen LogP contribution in [0, 0.1) is 24.5 Å². The summed E-state index contributed by atoms with van der Waals surface area (Å²) in [5.74, 6) is 0.496. The molecular weight excluding hydrogens is 989 g/mol. The van der Waals surface area contributed by atoms with E-state index in [1.165, 1.54) is 21.5 Å². The zero-order chi connectivity index (χ0) is 54.1. The van der Waals surface area contributed by atoms with Gasteiger partial charge < -0.3 is 13.7 Å². The van der Waals surface area contributed by atoms with Crippen LogP contribution in [0.4, 0.5) is 11.4 Å². The van der Waals surface area contributed by atoms with E-state index in [2.05, 4.69) is 224 Å². The van der Waals surface area contributed by atoms with Crippen LogP contribution in [0.25, 0.3) is 148 Å². The van der Waals surface area contributed by atoms with E-state index >= 15 is 0 Å². The highest BCUT2D eigenvalue weighted by molar-refractivity contribution is 6.14. The molecule has 8 nitrogen and oxygen atoms in total. The number of aromatic nitrogens is 5. The van der Waals surface area contributed by atoms with Gasteiger partial charge in [-0.2, -0.15) is 5.26 Å². The van der Waals surface area contributed by atoms with Crippen LogP contribution in [0.15, 0.2) is 255 Å². The maximum Gasteiger partial charge on any atom is 0.187 e. The molecule has 8 heteroatoms. The van der Waals surface area contributed by atoms with Gasteiger partial charge in [0.15, 0.2) is 17.2 Å². The summed E-state index contributed by atoms with van der Waals surface area (Å²) >= 11 is 0. The first kappa shape index (κ1) is 46.7. The van der Waals surface area contributed by atoms with E-state index in [1.54, 1.807) is 18.2 Å². The van der Waals surface area contributed by atoms with Gasteiger partial charge in [0.2, 0.25) is 0 Å². The number of para-hydroxylation sites is 4. The lowest BCUT2D eigenvalue weighted by Gasteiger charge is -2.13. The van der Waals surface area contributed by atoms with Gasteiger partial charge >= 0.3 is 0 Å². The molecule has 15 rings (SSSR count). The molecule has 81 heavy (non-hydrogen) atoms. The lowest BCUT2D eigenvalue weighted by molar-refractivity contribution is 1.16. The largest absolute Gasteiger partial charge is 0.309 e. The standard InChI is InChI=1S/C73H42N8/c1-75-53-15-11-13-50(39-53)66-44-65(77-73(78-66)51-14-12-16-54(40-51)76-2)49-31-27-47(28-32-49)46-25-29-48(30-26-46)58-36-33-55(41-52(58)45-74)79-71-37-34-56(80-67-21-7-3-17-59(67)60-18-4-8-22-68(60)80)42-63(71)64-43-57(35-38-72(64)79)81-69-23-9-5-19-61(69)62-20-6-10-24-70(62)81/h3-44H. The van der Waals surface area contributed by atoms with Gasteiger partial charge in [0.1, 0.15) is 0 Å². The van der Waals surface area contributed by atoms with Crippen molar-refractivity contribution in [3.8, 4) is 79.3 Å². The fourth-order valence-electron chi connectivity index (χ4n) is 12.0. The normalized spacial score (nSPS) is 11.4. The number of nitriles is 1. The third-order valence-corrected chi connectivity index (χ3v) is 15.7. The molecule has 0 aliphatic carbocycles. The molecule has 0 radical (unpaired) electrons. The summed E-state index contributed by atoms with van der Waals surface area (Å²) in [7, 11) is 0. The quantitative estimate of drug-likeness (QED) is 0.142. The molecule has 0 saturated carbocycles. The molecule has 0 amide bonds. The van der Waals surface area contributed by atoms with Crippen molar-refractivity contribution >= 4 is 76.8 Å². The van der Waals surface area contributed by atoms with Crippen molar-refractivity contribution in [2.24, 2.45) is 0 Å². The van der Waals surface area contributed by atoms with Gasteiger partial charge in [-0.1, -0.05) is 164 Å². The Hall–Kier alpha value is -11.6. The van der Waals surface area contributed by atoms with Gasteiger partial charge in [-0.25, -0.2) is 19.7 Å². The number of rotatable bonds is 8. The second-order valence-electron chi connectivity index (χ2n) is 20.3. The molecule has 0 spiro atoms. The van der Waals surface area contributed by atoms with Crippen LogP contribution in [0.3, 0.4) is 0 Å². The Labute approximate surface area is 465 Å². The Bertz CT molecular complexity index is 4860. The molecule has 0 saturated heterocycles. The lowest BCUT2D eigenvalue weighted by atomic mass is 9.96. The topological polar surface area (TPSA) is 73.1 Å². The monoisotopic (exact) mass is 1030 g/mol. The zero-order valence-electron chi connectivity index (χ0n) is 43.3. The first-order valence-electron chi connectivity index (χ1n) is 26.7. The number of fused-ring (bicyclic) bond motifs is 9. The minimum atomic E-state index is 0.496. The average Bonchev–Trinajstić information content (AvgIpc) is 4.23. The Morgan fingerprint density at radius 3 is 1.20 bits per heavy atom. The van der Waals surface area contributed by atoms with E-state index in [-0.39, 0.29) is 0 Å². The van der Waals surface area contributed by atoms with Crippen LogP contribution in [-0.2, 0) is 0 Å². The number of hydrogen-bond donors (Lipinski definition) is 0. The third kappa shape index (κ3) is 7.73. The van der Waals surface area contributed by atoms with Gasteiger partial charge in [0, 0.05) is 60.5 Å². The minimum Gasteiger partial charge on any atom is -0.309 e. The summed E-state index contributed by atoms with van der Waals surface area (Å²) in [4.78, 5) is 17.2. The van der Waals surface area contributed by atoms with Crippen LogP contribution >= 0.6 is 0 Å². The van der Waals surface area contributed by atoms with Crippen molar-refractivity contribution in [3.63, 3.8) is 0 Å². The molecule has 0 N–H and O–H groups in total. The summed E-state index contributed by atoms with van der Waals surface area (Å²) in [5.41, 5.74) is 19.0. The molecule has 0 bridgehead atoms. The van der Waals surface area contributed by atoms with Gasteiger partial charge in [0.05, 0.1) is 69.3 Å². The summed E-state index contributed by atoms with van der Waals surface area (Å²) < 4.78 is 7.05. The maximum atomic E-state index is 10.9. The molecule has 11 aromatic carbocycles. The molecule has 374 valence electrons. The van der Waals surface area contributed by atoms with Crippen molar-refractivity contribution in [2.45, 2.75) is 0 Å². The Morgan fingerprint density at radius 1 is 0.321 bits per heavy atom. The van der Waals surface area contributed by atoms with Gasteiger partial charge in [-0.3, -0.25) is 0 Å². The summed E-state index contributed by atoms with van der Waals surface area (Å²) in [6, 6.07) is 90.2. The van der Waals surface area contributed by atoms with E-state index in [4.69, 9.17) is 23.1 Å². The van der Waals surface area contributed by atoms with Gasteiger partial charge in [0.25, 0.3) is 0 Å². The SMILES string of the molecule is [C-]#[N+]c1cccc(-c2cc(-c3ccc(-c4ccc(-c5ccc(-n6c7ccc(-n8c9ccccc9c9ccccc98)cc7c7cc(-n8c9ccccc9c9ccccc98)ccc76)cc5C#N)cc4)cc3)nc(-c3cccc([N+]#[C-])c3)n2)c1. The lowest BCUT2D eigenvalue weighted by Crippen LogP contribution is -1.97. The summed E-state index contributed by atoms with van der Waals surface area (Å²) in [6.07, 6.45) is 0. The zero-order valence-corrected chi connectivity index (χ0v) is 43.3. The Kier molecular flexibility index (Phi) is 10.8. The number of hydrogen-bond acceptors (Lipinski definition) is 3. The van der Waals surface area contributed by atoms with Crippen molar-refractivity contribution in [1.29, 1.82) is 5.26 Å². The van der Waals surface area contributed by atoms with Crippen molar-refractivity contribution in [1.82, 2.24) is 23.7 Å². The van der Waals surface area contributed by atoms with Crippen LogP contribution in [0.2, 0.25) is 0 Å². The number of benzene rings is 11. The second kappa shape index (κ2) is 18.8. The minimum absolute atomic E-state index is 0.496. The first-order chi connectivity index (χ1) is 40.0. The molecule has 4 heterocycles. The van der Waals surface area contributed by atoms with E-state index in [0.29, 0.717) is 28.5 Å². The summed E-state index contributed by atoms with van der Waals surface area (Å²) in [6.45, 7) is 15.2. The maximum absolute atomic E-state index is 10.9. The molecule has 15 aromatic rings. The second-order valence-corrected chi connectivity index (χ2v) is 20.3. The van der Waals surface area contributed by atoms with E-state index in [0.717, 1.165) is 106 Å². The van der Waals surface area contributed by atoms with E-state index < -0.39 is 0 Å². The molecule has 0 unspecified atom stereocenters. The van der Waals surface area contributed by atoms with Crippen molar-refractivity contribution in [2.75, 3.05) is 0 Å². The molecule has 4 aromatic heterocycles. The van der Waals surface area contributed by atoms with Crippen LogP contribution in [0.5, 0.6) is 0 Å². The summed E-state index contributed by atoms with van der Waals surface area (Å²) in [5, 5.41) is 18.0. The number of nitrogens with zero attached hydrogens (tertiary/aromatic N) is 8. The molecule has 0 aliphatic rings. The average molecular weight is 1030 g/mol. The van der Waals surface area contributed by atoms with E-state index in [9.17, 15) is 5.26 Å². The van der Waals surface area contributed by atoms with Crippen molar-refractivity contribution in [3.05, 3.63) is 283 Å². The van der Waals surface area contributed by atoms with Gasteiger partial charge in [-0.05, 0) is 119 Å². The third-order valence-electron chi connectivity index (χ3n) is 15.7. The highest BCUT2D eigenvalue weighted by atomic mass is 15.0. The highest BCUT2D eigenvalue weighted by Gasteiger charge is 2.21. The predicted molar refractivity (Wildman–Crippen MR) is 329 cm³/mol. The first-order valence-corrected chi connectivity index (χ1v) is 26.7. The highest BCUT2D eigenvalue weighted by Crippen LogP contribution is 2.41. The smallest absolute Gasteiger partial charge is 0.187 e. The van der Waals surface area contributed by atoms with Crippen LogP contribution < -0.4 is 0 Å². The molecule has 0 atom stereocenters. The van der Waals surface area contributed by atoms with Crippen LogP contribution in [-0.4, -0.2) is 23.7 Å². The Balaban J connectivity index is 0.802. The Morgan fingerprint density at radius 2 is 0.716 bits per heavy atom. The van der Waals surface area contributed by atoms with Crippen molar-refractivity contribution < 1.29 is 0 Å². The molecule has 0 aliphatic heterocycles. The fourth-order valence-corrected chi connectivity index (χ4v) is 12.0.